The maximum atomic E-state index is 12.3. The van der Waals surface area contributed by atoms with E-state index in [-0.39, 0.29) is 34.5 Å². The van der Waals surface area contributed by atoms with Gasteiger partial charge in [0.1, 0.15) is 0 Å². The molecule has 0 fully saturated rings. The summed E-state index contributed by atoms with van der Waals surface area (Å²) in [7, 11) is 1.40. The smallest absolute Gasteiger partial charge is 0.338 e. The number of carbonyl (C=O) groups excluding carboxylic acids is 1. The van der Waals surface area contributed by atoms with Gasteiger partial charge in [0.25, 0.3) is 5.69 Å². The number of ether oxygens (including phenoxy) is 1. The van der Waals surface area contributed by atoms with Crippen molar-refractivity contribution in [1.82, 2.24) is 0 Å². The van der Waals surface area contributed by atoms with Crippen molar-refractivity contribution < 1.29 is 14.5 Å². The molecule has 138 valence electrons. The Labute approximate surface area is 157 Å². The van der Waals surface area contributed by atoms with Crippen molar-refractivity contribution in [3.8, 4) is 0 Å². The van der Waals surface area contributed by atoms with Crippen LogP contribution in [-0.2, 0) is 4.74 Å². The van der Waals surface area contributed by atoms with Crippen molar-refractivity contribution in [2.24, 2.45) is 5.92 Å². The van der Waals surface area contributed by atoms with Crippen molar-refractivity contribution in [3.05, 3.63) is 80.9 Å². The minimum Gasteiger partial charge on any atom is -0.465 e. The second-order valence-electron chi connectivity index (χ2n) is 7.03. The van der Waals surface area contributed by atoms with E-state index in [4.69, 9.17) is 4.74 Å². The maximum absolute atomic E-state index is 12.3. The van der Waals surface area contributed by atoms with E-state index in [0.29, 0.717) is 5.56 Å². The van der Waals surface area contributed by atoms with Gasteiger partial charge in [0, 0.05) is 23.7 Å². The lowest BCUT2D eigenvalue weighted by atomic mass is 9.74. The molecule has 1 aliphatic carbocycles. The number of nitrogens with one attached hydrogen (secondary N) is 1. The number of hydrogen-bond acceptors (Lipinski definition) is 5. The van der Waals surface area contributed by atoms with E-state index in [1.165, 1.54) is 7.11 Å². The fourth-order valence-corrected chi connectivity index (χ4v) is 4.28. The lowest BCUT2D eigenvalue weighted by molar-refractivity contribution is -0.384. The lowest BCUT2D eigenvalue weighted by Gasteiger charge is -2.39. The molecule has 0 bridgehead atoms. The second kappa shape index (κ2) is 6.54. The number of carbonyl (C=O) groups is 1. The van der Waals surface area contributed by atoms with Crippen LogP contribution in [0.1, 0.15) is 45.4 Å². The van der Waals surface area contributed by atoms with Crippen LogP contribution in [0.15, 0.2) is 48.6 Å². The van der Waals surface area contributed by atoms with Gasteiger partial charge >= 0.3 is 5.97 Å². The number of nitrogens with zero attached hydrogens (tertiary/aromatic N) is 1. The molecule has 1 aliphatic heterocycles. The number of methoxy groups -OCH3 is 1. The lowest BCUT2D eigenvalue weighted by Crippen LogP contribution is -2.31. The largest absolute Gasteiger partial charge is 0.465 e. The molecule has 27 heavy (non-hydrogen) atoms. The van der Waals surface area contributed by atoms with Gasteiger partial charge in [-0.05, 0) is 42.0 Å². The first-order valence-electron chi connectivity index (χ1n) is 8.90. The zero-order valence-electron chi connectivity index (χ0n) is 15.1. The Morgan fingerprint density at radius 3 is 2.63 bits per heavy atom. The van der Waals surface area contributed by atoms with Gasteiger partial charge in [0.05, 0.1) is 23.6 Å². The standard InChI is InChI=1S/C21H20N2O4/c1-12-6-11-17(21(24)27-2)18-15-4-3-5-16(15)20(22-19(12)18)13-7-9-14(10-8-13)23(25)26/h3-4,6-11,15-16,20,22H,5H2,1-2H3/t15-,16-,20-/m1/s1. The third-order valence-electron chi connectivity index (χ3n) is 5.60. The molecule has 0 amide bonds. The molecule has 4 rings (SSSR count). The van der Waals surface area contributed by atoms with Crippen LogP contribution < -0.4 is 5.32 Å². The van der Waals surface area contributed by atoms with Gasteiger partial charge in [-0.3, -0.25) is 10.1 Å². The Balaban J connectivity index is 1.80. The number of nitro benzene ring substituents is 1. The number of non-ortho nitro benzene ring substituents is 1. The number of anilines is 1. The monoisotopic (exact) mass is 364 g/mol. The molecular weight excluding hydrogens is 344 g/mol. The molecule has 1 heterocycles. The number of allylic oxidation sites excluding steroid dienone is 2. The van der Waals surface area contributed by atoms with Crippen LogP contribution in [0.3, 0.4) is 0 Å². The number of aryl methyl sites for hydroxylation is 1. The second-order valence-corrected chi connectivity index (χ2v) is 7.03. The summed E-state index contributed by atoms with van der Waals surface area (Å²) in [5.74, 6) is 0.0143. The van der Waals surface area contributed by atoms with Crippen molar-refractivity contribution >= 4 is 17.3 Å². The van der Waals surface area contributed by atoms with E-state index in [9.17, 15) is 14.9 Å². The summed E-state index contributed by atoms with van der Waals surface area (Å²) in [4.78, 5) is 22.9. The molecule has 0 radical (unpaired) electrons. The molecule has 6 nitrogen and oxygen atoms in total. The average Bonchev–Trinajstić information content (AvgIpc) is 3.17. The first-order chi connectivity index (χ1) is 13.0. The highest BCUT2D eigenvalue weighted by atomic mass is 16.6. The Hall–Kier alpha value is -3.15. The number of fused-ring (bicyclic) bond motifs is 3. The molecule has 2 aromatic rings. The third kappa shape index (κ3) is 2.77. The van der Waals surface area contributed by atoms with Crippen LogP contribution in [0.2, 0.25) is 0 Å². The fraction of sp³-hybridized carbons (Fsp3) is 0.286. The predicted molar refractivity (Wildman–Crippen MR) is 102 cm³/mol. The number of esters is 1. The van der Waals surface area contributed by atoms with Gasteiger partial charge in [0.2, 0.25) is 0 Å². The van der Waals surface area contributed by atoms with Crippen LogP contribution in [0, 0.1) is 23.0 Å². The number of rotatable bonds is 3. The van der Waals surface area contributed by atoms with E-state index >= 15 is 0 Å². The fourth-order valence-electron chi connectivity index (χ4n) is 4.28. The number of benzene rings is 2. The molecule has 1 N–H and O–H groups in total. The van der Waals surface area contributed by atoms with Gasteiger partial charge in [-0.25, -0.2) is 4.79 Å². The summed E-state index contributed by atoms with van der Waals surface area (Å²) < 4.78 is 4.98. The third-order valence-corrected chi connectivity index (χ3v) is 5.60. The van der Waals surface area contributed by atoms with E-state index < -0.39 is 0 Å². The summed E-state index contributed by atoms with van der Waals surface area (Å²) in [6, 6.07) is 10.5. The molecule has 0 saturated heterocycles. The Bertz CT molecular complexity index is 949. The SMILES string of the molecule is COC(=O)c1ccc(C)c2c1[C@@H]1C=CC[C@H]1[C@@H](c1ccc([N+](=O)[O-])cc1)N2. The van der Waals surface area contributed by atoms with Gasteiger partial charge in [0.15, 0.2) is 0 Å². The van der Waals surface area contributed by atoms with Gasteiger partial charge in [-0.15, -0.1) is 0 Å². The molecule has 3 atom stereocenters. The zero-order chi connectivity index (χ0) is 19.1. The van der Waals surface area contributed by atoms with Crippen LogP contribution in [0.25, 0.3) is 0 Å². The zero-order valence-corrected chi connectivity index (χ0v) is 15.1. The highest BCUT2D eigenvalue weighted by Crippen LogP contribution is 2.51. The number of nitro groups is 1. The van der Waals surface area contributed by atoms with Gasteiger partial charge in [-0.2, -0.15) is 0 Å². The van der Waals surface area contributed by atoms with E-state index in [1.807, 2.05) is 31.2 Å². The topological polar surface area (TPSA) is 81.5 Å². The summed E-state index contributed by atoms with van der Waals surface area (Å²) in [6.45, 7) is 2.01. The van der Waals surface area contributed by atoms with Crippen LogP contribution in [0.5, 0.6) is 0 Å². The highest BCUT2D eigenvalue weighted by molar-refractivity contribution is 5.94. The van der Waals surface area contributed by atoms with Crippen molar-refractivity contribution in [1.29, 1.82) is 0 Å². The van der Waals surface area contributed by atoms with E-state index in [0.717, 1.165) is 28.8 Å². The maximum Gasteiger partial charge on any atom is 0.338 e. The summed E-state index contributed by atoms with van der Waals surface area (Å²) in [5.41, 5.74) is 4.68. The van der Waals surface area contributed by atoms with Crippen LogP contribution in [-0.4, -0.2) is 18.0 Å². The minimum atomic E-state index is -0.389. The Morgan fingerprint density at radius 1 is 1.22 bits per heavy atom. The quantitative estimate of drug-likeness (QED) is 0.375. The molecular formula is C21H20N2O4. The van der Waals surface area contributed by atoms with E-state index in [2.05, 4.69) is 17.5 Å². The van der Waals surface area contributed by atoms with Crippen molar-refractivity contribution in [2.45, 2.75) is 25.3 Å². The van der Waals surface area contributed by atoms with Crippen molar-refractivity contribution in [2.75, 3.05) is 12.4 Å². The predicted octanol–water partition coefficient (Wildman–Crippen LogP) is 4.52. The molecule has 0 spiro atoms. The minimum absolute atomic E-state index is 0.0184. The van der Waals surface area contributed by atoms with Crippen LogP contribution in [0.4, 0.5) is 11.4 Å². The Morgan fingerprint density at radius 2 is 1.96 bits per heavy atom. The Kier molecular flexibility index (Phi) is 4.18. The molecule has 2 aliphatic rings. The molecule has 6 heteroatoms. The molecule has 0 aromatic heterocycles. The molecule has 0 saturated carbocycles. The van der Waals surface area contributed by atoms with E-state index in [1.54, 1.807) is 12.1 Å². The summed E-state index contributed by atoms with van der Waals surface area (Å²) in [5, 5.41) is 14.5. The first kappa shape index (κ1) is 17.3. The normalized spacial score (nSPS) is 22.5. The highest BCUT2D eigenvalue weighted by Gasteiger charge is 2.40. The molecule has 2 aromatic carbocycles. The van der Waals surface area contributed by atoms with Crippen LogP contribution >= 0.6 is 0 Å². The first-order valence-corrected chi connectivity index (χ1v) is 8.90. The number of hydrogen-bond donors (Lipinski definition) is 1. The van der Waals surface area contributed by atoms with Crippen molar-refractivity contribution in [3.63, 3.8) is 0 Å². The van der Waals surface area contributed by atoms with Gasteiger partial charge < -0.3 is 10.1 Å². The average molecular weight is 364 g/mol. The summed E-state index contributed by atoms with van der Waals surface area (Å²) in [6.07, 6.45) is 5.19. The van der Waals surface area contributed by atoms with Gasteiger partial charge in [-0.1, -0.05) is 30.4 Å². The summed E-state index contributed by atoms with van der Waals surface area (Å²) >= 11 is 0. The molecule has 0 unspecified atom stereocenters.